The number of likely N-dealkylation sites (N-methyl/N-ethyl adjacent to an activating group) is 2. The van der Waals surface area contributed by atoms with Crippen molar-refractivity contribution >= 4 is 68.4 Å². The predicted octanol–water partition coefficient (Wildman–Crippen LogP) is 3.60. The lowest BCUT2D eigenvalue weighted by Crippen LogP contribution is -2.57. The number of rotatable bonds is 13. The summed E-state index contributed by atoms with van der Waals surface area (Å²) in [5, 5.41) is 17.7. The number of nitrogens with zero attached hydrogens (tertiary/aromatic N) is 2. The van der Waals surface area contributed by atoms with Crippen molar-refractivity contribution in [3.05, 3.63) is 48.0 Å². The molecule has 8 atom stereocenters. The van der Waals surface area contributed by atoms with Crippen molar-refractivity contribution < 1.29 is 38.2 Å². The van der Waals surface area contributed by atoms with Gasteiger partial charge in [-0.15, -0.1) is 0 Å². The molecule has 0 bridgehead atoms. The second-order valence-electron chi connectivity index (χ2n) is 17.6. The Hall–Kier alpha value is -4.20. The number of hydrogen-bond donors (Lipinski definition) is 6. The Morgan fingerprint density at radius 1 is 0.689 bits per heavy atom. The van der Waals surface area contributed by atoms with Crippen LogP contribution in [0.3, 0.4) is 0 Å². The summed E-state index contributed by atoms with van der Waals surface area (Å²) in [6.07, 6.45) is 0.251. The van der Waals surface area contributed by atoms with Crippen molar-refractivity contribution in [2.24, 2.45) is 10.8 Å². The van der Waals surface area contributed by atoms with E-state index in [1.165, 1.54) is 31.4 Å². The van der Waals surface area contributed by atoms with E-state index in [9.17, 15) is 28.8 Å². The number of para-hydroxylation sites is 1. The van der Waals surface area contributed by atoms with Gasteiger partial charge in [-0.05, 0) is 93.1 Å². The fourth-order valence-electron chi connectivity index (χ4n) is 8.55. The van der Waals surface area contributed by atoms with Crippen LogP contribution in [0.15, 0.2) is 52.3 Å². The van der Waals surface area contributed by atoms with E-state index in [2.05, 4.69) is 31.9 Å². The SMILES string of the molecule is CN[C@@H](C)C(=O)N[C@H]1CCO[C@H]2CC(C)(C)C(C(=O)Nc3ccccc3SSc3c(C)cccc3NC(=O)C3N4C(=O)[C@@H](NC(=O)[C@H](C)NC)CCO[C@H]4CC3(C)C)N2C1=O. The zero-order valence-corrected chi connectivity index (χ0v) is 38.0. The van der Waals surface area contributed by atoms with Crippen LogP contribution in [0.2, 0.25) is 0 Å². The standard InChI is InChI=1S/C43H60N8O8S2/c1-23-13-12-15-27(47-39(55)35-43(6,7)22-32-51(35)41(57)29(18-20-59-32)49-37(53)25(3)45-9)33(23)61-60-30-16-11-10-14-26(30)46-38(54)34-42(4,5)21-31-50(34)40(56)28(17-19-58-31)48-36(52)24(2)44-8/h10-16,24-25,28-29,31-32,34-35,44-45H,17-22H2,1-9H3,(H,46,54)(H,47,55)(H,48,52)(H,49,53)/t24-,25-,28-,29-,31-,32-,34?,35?/m0/s1. The molecule has 61 heavy (non-hydrogen) atoms. The van der Waals surface area contributed by atoms with E-state index in [4.69, 9.17) is 9.47 Å². The zero-order valence-electron chi connectivity index (χ0n) is 36.4. The normalized spacial score (nSPS) is 26.6. The van der Waals surface area contributed by atoms with Crippen LogP contribution in [0.25, 0.3) is 0 Å². The summed E-state index contributed by atoms with van der Waals surface area (Å²) in [7, 11) is 6.16. The maximum atomic E-state index is 14.4. The van der Waals surface area contributed by atoms with Gasteiger partial charge in [0.2, 0.25) is 35.4 Å². The van der Waals surface area contributed by atoms with Crippen LogP contribution in [0, 0.1) is 17.8 Å². The molecule has 0 aromatic heterocycles. The monoisotopic (exact) mass is 880 g/mol. The van der Waals surface area contributed by atoms with Gasteiger partial charge < -0.3 is 51.2 Å². The second-order valence-corrected chi connectivity index (χ2v) is 19.8. The summed E-state index contributed by atoms with van der Waals surface area (Å²) in [6, 6.07) is 8.56. The summed E-state index contributed by atoms with van der Waals surface area (Å²) in [4.78, 5) is 87.0. The molecule has 0 saturated carbocycles. The van der Waals surface area contributed by atoms with E-state index in [1.54, 1.807) is 34.0 Å². The van der Waals surface area contributed by atoms with Gasteiger partial charge in [-0.3, -0.25) is 28.8 Å². The third-order valence-corrected chi connectivity index (χ3v) is 14.8. The van der Waals surface area contributed by atoms with E-state index < -0.39 is 59.5 Å². The largest absolute Gasteiger partial charge is 0.358 e. The van der Waals surface area contributed by atoms with Gasteiger partial charge in [0.05, 0.1) is 36.7 Å². The summed E-state index contributed by atoms with van der Waals surface area (Å²) in [5.74, 6) is -2.07. The molecule has 0 aliphatic carbocycles. The molecule has 4 aliphatic rings. The lowest BCUT2D eigenvalue weighted by atomic mass is 9.83. The Kier molecular flexibility index (Phi) is 14.5. The number of nitrogens with one attached hydrogen (secondary N) is 6. The number of carbonyl (C=O) groups excluding carboxylic acids is 6. The van der Waals surface area contributed by atoms with Crippen LogP contribution in [0.5, 0.6) is 0 Å². The molecule has 6 rings (SSSR count). The first-order chi connectivity index (χ1) is 28.9. The van der Waals surface area contributed by atoms with Crippen LogP contribution in [0.1, 0.15) is 72.8 Å². The van der Waals surface area contributed by atoms with Crippen LogP contribution >= 0.6 is 21.6 Å². The Morgan fingerprint density at radius 3 is 1.64 bits per heavy atom. The zero-order chi connectivity index (χ0) is 44.4. The highest BCUT2D eigenvalue weighted by Gasteiger charge is 2.56. The van der Waals surface area contributed by atoms with E-state index in [0.717, 1.165) is 15.4 Å². The first kappa shape index (κ1) is 46.3. The number of benzene rings is 2. The van der Waals surface area contributed by atoms with Crippen molar-refractivity contribution in [1.29, 1.82) is 0 Å². The number of anilines is 2. The molecule has 4 fully saturated rings. The van der Waals surface area contributed by atoms with Gasteiger partial charge in [-0.25, -0.2) is 0 Å². The Balaban J connectivity index is 1.18. The first-order valence-corrected chi connectivity index (χ1v) is 23.0. The lowest BCUT2D eigenvalue weighted by molar-refractivity contribution is -0.148. The molecule has 2 aromatic rings. The smallest absolute Gasteiger partial charge is 0.247 e. The van der Waals surface area contributed by atoms with Gasteiger partial charge in [0.25, 0.3) is 0 Å². The highest BCUT2D eigenvalue weighted by atomic mass is 33.1. The molecular formula is C43H60N8O8S2. The molecule has 4 saturated heterocycles. The molecule has 4 heterocycles. The van der Waals surface area contributed by atoms with Gasteiger partial charge in [0, 0.05) is 22.6 Å². The summed E-state index contributed by atoms with van der Waals surface area (Å²) < 4.78 is 12.2. The van der Waals surface area contributed by atoms with Crippen LogP contribution in [-0.4, -0.2) is 121 Å². The quantitative estimate of drug-likeness (QED) is 0.160. The minimum absolute atomic E-state index is 0.258. The Labute approximate surface area is 365 Å². The summed E-state index contributed by atoms with van der Waals surface area (Å²) in [6.45, 7) is 13.6. The number of carbonyl (C=O) groups is 6. The minimum atomic E-state index is -0.879. The van der Waals surface area contributed by atoms with Crippen molar-refractivity contribution in [2.75, 3.05) is 37.9 Å². The molecular weight excluding hydrogens is 821 g/mol. The van der Waals surface area contributed by atoms with Crippen molar-refractivity contribution in [1.82, 2.24) is 31.1 Å². The molecule has 332 valence electrons. The predicted molar refractivity (Wildman–Crippen MR) is 234 cm³/mol. The second kappa shape index (κ2) is 19.0. The number of hydrogen-bond acceptors (Lipinski definition) is 12. The van der Waals surface area contributed by atoms with E-state index in [0.29, 0.717) is 37.1 Å². The fourth-order valence-corrected chi connectivity index (χ4v) is 11.1. The third kappa shape index (κ3) is 9.89. The van der Waals surface area contributed by atoms with Gasteiger partial charge >= 0.3 is 0 Å². The van der Waals surface area contributed by atoms with Gasteiger partial charge in [-0.1, -0.05) is 62.8 Å². The third-order valence-electron chi connectivity index (χ3n) is 12.2. The molecule has 0 spiro atoms. The van der Waals surface area contributed by atoms with Crippen LogP contribution < -0.4 is 31.9 Å². The average Bonchev–Trinajstić information content (AvgIpc) is 3.53. The molecule has 16 nitrogen and oxygen atoms in total. The van der Waals surface area contributed by atoms with E-state index >= 15 is 0 Å². The Morgan fingerprint density at radius 2 is 1.15 bits per heavy atom. The molecule has 2 aromatic carbocycles. The van der Waals surface area contributed by atoms with Crippen molar-refractivity contribution in [2.45, 2.75) is 133 Å². The van der Waals surface area contributed by atoms with E-state index in [-0.39, 0.29) is 48.7 Å². The van der Waals surface area contributed by atoms with Gasteiger partial charge in [0.15, 0.2) is 0 Å². The van der Waals surface area contributed by atoms with Crippen LogP contribution in [0.4, 0.5) is 11.4 Å². The molecule has 6 N–H and O–H groups in total. The summed E-state index contributed by atoms with van der Waals surface area (Å²) >= 11 is 0. The maximum absolute atomic E-state index is 14.4. The highest BCUT2D eigenvalue weighted by molar-refractivity contribution is 8.76. The van der Waals surface area contributed by atoms with Gasteiger partial charge in [-0.2, -0.15) is 0 Å². The lowest BCUT2D eigenvalue weighted by Gasteiger charge is -2.34. The minimum Gasteiger partial charge on any atom is -0.358 e. The van der Waals surface area contributed by atoms with E-state index in [1.807, 2.05) is 71.0 Å². The number of aryl methyl sites for hydroxylation is 1. The first-order valence-electron chi connectivity index (χ1n) is 20.9. The van der Waals surface area contributed by atoms with Gasteiger partial charge in [0.1, 0.15) is 36.6 Å². The molecule has 18 heteroatoms. The fraction of sp³-hybridized carbons (Fsp3) is 0.581. The summed E-state index contributed by atoms with van der Waals surface area (Å²) in [5.41, 5.74) is 0.722. The van der Waals surface area contributed by atoms with Crippen molar-refractivity contribution in [3.8, 4) is 0 Å². The molecule has 0 radical (unpaired) electrons. The average molecular weight is 881 g/mol. The maximum Gasteiger partial charge on any atom is 0.247 e. The number of fused-ring (bicyclic) bond motifs is 2. The molecule has 6 amide bonds. The Bertz CT molecular complexity index is 2020. The number of amides is 6. The topological polar surface area (TPSA) is 200 Å². The van der Waals surface area contributed by atoms with Crippen molar-refractivity contribution in [3.63, 3.8) is 0 Å². The van der Waals surface area contributed by atoms with Crippen LogP contribution in [-0.2, 0) is 38.2 Å². The highest BCUT2D eigenvalue weighted by Crippen LogP contribution is 2.48. The number of ether oxygens (including phenoxy) is 2. The molecule has 2 unspecified atom stereocenters. The molecule has 4 aliphatic heterocycles.